The zero-order chi connectivity index (χ0) is 32.6. The van der Waals surface area contributed by atoms with Crippen LogP contribution in [0.3, 0.4) is 0 Å². The molecule has 1 fully saturated rings. The van der Waals surface area contributed by atoms with Gasteiger partial charge in [-0.25, -0.2) is 4.39 Å². The van der Waals surface area contributed by atoms with Gasteiger partial charge in [-0.05, 0) is 78.5 Å². The molecule has 10 nitrogen and oxygen atoms in total. The van der Waals surface area contributed by atoms with Crippen molar-refractivity contribution in [3.8, 4) is 6.07 Å². The summed E-state index contributed by atoms with van der Waals surface area (Å²) >= 11 is 1.33. The van der Waals surface area contributed by atoms with E-state index in [-0.39, 0.29) is 23.5 Å². The Labute approximate surface area is 268 Å². The monoisotopic (exact) mass is 639 g/mol. The summed E-state index contributed by atoms with van der Waals surface area (Å²) in [6.07, 6.45) is 0.318. The molecule has 12 heteroatoms. The highest BCUT2D eigenvalue weighted by molar-refractivity contribution is 7.10. The van der Waals surface area contributed by atoms with E-state index in [9.17, 15) is 28.7 Å². The highest BCUT2D eigenvalue weighted by Gasteiger charge is 2.25. The maximum Gasteiger partial charge on any atom is 0.305 e. The van der Waals surface area contributed by atoms with Crippen molar-refractivity contribution in [2.24, 2.45) is 0 Å². The lowest BCUT2D eigenvalue weighted by molar-refractivity contribution is -0.137. The van der Waals surface area contributed by atoms with Gasteiger partial charge in [-0.15, -0.1) is 11.3 Å². The minimum absolute atomic E-state index is 0.0927. The third kappa shape index (κ3) is 7.75. The molecule has 1 aromatic heterocycles. The number of thiophene rings is 1. The number of carbonyl (C=O) groups is 4. The molecule has 4 aromatic rings. The summed E-state index contributed by atoms with van der Waals surface area (Å²) in [5, 5.41) is 25.9. The Balaban J connectivity index is 1.40. The standard InChI is InChI=1S/C34H30FN5O5S/c35-26-5-1-4-24(18-26)32(43)37-27-19-25(33(44)38-28(20-31(41)42)30-6-2-17-46-30)11-12-29(27)39-13-3-14-40(16-15-39)34(45)23-9-7-22(21-36)8-10-23/h1-2,4-12,17-19,28H,3,13-16,20H2,(H,37,43)(H,38,44)(H,41,42). The molecule has 3 N–H and O–H groups in total. The summed E-state index contributed by atoms with van der Waals surface area (Å²) in [5.74, 6) is -2.89. The molecular formula is C34H30FN5O5S. The molecule has 1 aliphatic rings. The van der Waals surface area contributed by atoms with Crippen LogP contribution in [-0.2, 0) is 4.79 Å². The summed E-state index contributed by atoms with van der Waals surface area (Å²) in [5.41, 5.74) is 2.14. The highest BCUT2D eigenvalue weighted by atomic mass is 32.1. The topological polar surface area (TPSA) is 143 Å². The van der Waals surface area contributed by atoms with Gasteiger partial charge in [-0.1, -0.05) is 12.1 Å². The van der Waals surface area contributed by atoms with Crippen LogP contribution >= 0.6 is 11.3 Å². The van der Waals surface area contributed by atoms with Crippen LogP contribution in [0.1, 0.15) is 60.4 Å². The first-order chi connectivity index (χ1) is 22.2. The van der Waals surface area contributed by atoms with E-state index in [0.29, 0.717) is 60.0 Å². The minimum atomic E-state index is -1.06. The van der Waals surface area contributed by atoms with Gasteiger partial charge in [-0.2, -0.15) is 5.26 Å². The molecule has 3 aromatic carbocycles. The molecule has 0 spiro atoms. The second-order valence-electron chi connectivity index (χ2n) is 10.7. The van der Waals surface area contributed by atoms with Gasteiger partial charge in [0.05, 0.1) is 35.5 Å². The average Bonchev–Trinajstić information content (AvgIpc) is 3.49. The van der Waals surface area contributed by atoms with Crippen LogP contribution in [-0.4, -0.2) is 59.9 Å². The Morgan fingerprint density at radius 1 is 0.891 bits per heavy atom. The van der Waals surface area contributed by atoms with Gasteiger partial charge in [-0.3, -0.25) is 19.2 Å². The average molecular weight is 640 g/mol. The predicted octanol–water partition coefficient (Wildman–Crippen LogP) is 5.31. The lowest BCUT2D eigenvalue weighted by atomic mass is 10.1. The number of nitrogens with zero attached hydrogens (tertiary/aromatic N) is 3. The fourth-order valence-electron chi connectivity index (χ4n) is 5.24. The van der Waals surface area contributed by atoms with E-state index in [1.807, 2.05) is 11.0 Å². The van der Waals surface area contributed by atoms with Crippen molar-refractivity contribution in [1.29, 1.82) is 5.26 Å². The number of halogens is 1. The normalized spacial score (nSPS) is 13.7. The first-order valence-corrected chi connectivity index (χ1v) is 15.4. The van der Waals surface area contributed by atoms with Crippen LogP contribution in [0.2, 0.25) is 0 Å². The maximum atomic E-state index is 13.9. The number of rotatable bonds is 9. The smallest absolute Gasteiger partial charge is 0.305 e. The number of carboxylic acid groups (broad SMARTS) is 1. The van der Waals surface area contributed by atoms with E-state index < -0.39 is 29.6 Å². The molecular weight excluding hydrogens is 609 g/mol. The number of amides is 3. The molecule has 0 aliphatic carbocycles. The van der Waals surface area contributed by atoms with Crippen LogP contribution < -0.4 is 15.5 Å². The number of aliphatic carboxylic acids is 1. The number of nitriles is 1. The van der Waals surface area contributed by atoms with Gasteiger partial charge in [0, 0.05) is 47.7 Å². The SMILES string of the molecule is N#Cc1ccc(C(=O)N2CCCN(c3ccc(C(=O)NC(CC(=O)O)c4cccs4)cc3NC(=O)c3cccc(F)c3)CC2)cc1. The molecule has 3 amide bonds. The maximum absolute atomic E-state index is 13.9. The van der Waals surface area contributed by atoms with Crippen molar-refractivity contribution in [3.05, 3.63) is 117 Å². The second kappa shape index (κ2) is 14.5. The van der Waals surface area contributed by atoms with E-state index in [2.05, 4.69) is 10.6 Å². The van der Waals surface area contributed by atoms with Crippen LogP contribution in [0.25, 0.3) is 0 Å². The van der Waals surface area contributed by atoms with E-state index in [4.69, 9.17) is 5.26 Å². The highest BCUT2D eigenvalue weighted by Crippen LogP contribution is 2.30. The number of benzene rings is 3. The van der Waals surface area contributed by atoms with E-state index in [1.165, 1.54) is 35.6 Å². The fraction of sp³-hybridized carbons (Fsp3) is 0.206. The van der Waals surface area contributed by atoms with Gasteiger partial charge < -0.3 is 25.5 Å². The molecule has 0 radical (unpaired) electrons. The van der Waals surface area contributed by atoms with Crippen molar-refractivity contribution in [3.63, 3.8) is 0 Å². The largest absolute Gasteiger partial charge is 0.481 e. The van der Waals surface area contributed by atoms with Gasteiger partial charge in [0.25, 0.3) is 17.7 Å². The summed E-state index contributed by atoms with van der Waals surface area (Å²) in [6.45, 7) is 1.85. The number of nitrogens with one attached hydrogen (secondary N) is 2. The third-order valence-electron chi connectivity index (χ3n) is 7.55. The molecule has 46 heavy (non-hydrogen) atoms. The molecule has 1 aliphatic heterocycles. The first-order valence-electron chi connectivity index (χ1n) is 14.5. The summed E-state index contributed by atoms with van der Waals surface area (Å²) in [6, 6.07) is 21.3. The van der Waals surface area contributed by atoms with Crippen LogP contribution in [0.15, 0.2) is 84.2 Å². The Bertz CT molecular complexity index is 1790. The number of anilines is 2. The van der Waals surface area contributed by atoms with Crippen molar-refractivity contribution < 1.29 is 28.7 Å². The zero-order valence-electron chi connectivity index (χ0n) is 24.6. The van der Waals surface area contributed by atoms with Crippen molar-refractivity contribution >= 4 is 46.4 Å². The van der Waals surface area contributed by atoms with Crippen LogP contribution in [0.4, 0.5) is 15.8 Å². The number of hydrogen-bond donors (Lipinski definition) is 3. The Morgan fingerprint density at radius 2 is 1.65 bits per heavy atom. The van der Waals surface area contributed by atoms with Crippen molar-refractivity contribution in [1.82, 2.24) is 10.2 Å². The summed E-state index contributed by atoms with van der Waals surface area (Å²) < 4.78 is 13.9. The molecule has 5 rings (SSSR count). The Morgan fingerprint density at radius 3 is 2.35 bits per heavy atom. The van der Waals surface area contributed by atoms with Gasteiger partial charge in [0.2, 0.25) is 0 Å². The Hall–Kier alpha value is -5.54. The molecule has 1 atom stereocenters. The van der Waals surface area contributed by atoms with E-state index in [1.54, 1.807) is 58.8 Å². The second-order valence-corrected chi connectivity index (χ2v) is 11.6. The Kier molecular flexibility index (Phi) is 10.0. The molecule has 2 heterocycles. The molecule has 0 bridgehead atoms. The quantitative estimate of drug-likeness (QED) is 0.225. The molecule has 1 unspecified atom stereocenters. The van der Waals surface area contributed by atoms with Crippen molar-refractivity contribution in [2.45, 2.75) is 18.9 Å². The fourth-order valence-corrected chi connectivity index (χ4v) is 6.02. The summed E-state index contributed by atoms with van der Waals surface area (Å²) in [4.78, 5) is 55.8. The third-order valence-corrected chi connectivity index (χ3v) is 8.54. The van der Waals surface area contributed by atoms with Gasteiger partial charge in [0.15, 0.2) is 0 Å². The lowest BCUT2D eigenvalue weighted by Gasteiger charge is -2.27. The first kappa shape index (κ1) is 31.9. The number of hydrogen-bond acceptors (Lipinski definition) is 7. The number of carbonyl (C=O) groups excluding carboxylic acids is 3. The van der Waals surface area contributed by atoms with Gasteiger partial charge >= 0.3 is 5.97 Å². The molecule has 1 saturated heterocycles. The number of carboxylic acids is 1. The minimum Gasteiger partial charge on any atom is -0.481 e. The lowest BCUT2D eigenvalue weighted by Crippen LogP contribution is -2.35. The summed E-state index contributed by atoms with van der Waals surface area (Å²) in [7, 11) is 0. The van der Waals surface area contributed by atoms with Crippen LogP contribution in [0, 0.1) is 17.1 Å². The van der Waals surface area contributed by atoms with E-state index in [0.717, 1.165) is 6.07 Å². The zero-order valence-corrected chi connectivity index (χ0v) is 25.4. The van der Waals surface area contributed by atoms with E-state index >= 15 is 0 Å². The van der Waals surface area contributed by atoms with Crippen molar-refractivity contribution in [2.75, 3.05) is 36.4 Å². The predicted molar refractivity (Wildman–Crippen MR) is 171 cm³/mol. The van der Waals surface area contributed by atoms with Gasteiger partial charge in [0.1, 0.15) is 5.82 Å². The molecule has 234 valence electrons. The molecule has 0 saturated carbocycles. The van der Waals surface area contributed by atoms with Crippen LogP contribution in [0.5, 0.6) is 0 Å².